The second-order valence-electron chi connectivity index (χ2n) is 11.0. The van der Waals surface area contributed by atoms with Gasteiger partial charge >= 0.3 is 12.1 Å². The molecule has 3 heterocycles. The lowest BCUT2D eigenvalue weighted by molar-refractivity contribution is -0.137. The summed E-state index contributed by atoms with van der Waals surface area (Å²) in [6.07, 6.45) is -3.46. The number of rotatable bonds is 10. The molecule has 0 saturated carbocycles. The second-order valence-corrected chi connectivity index (χ2v) is 13.1. The molecule has 1 aromatic heterocycles. The first-order valence-corrected chi connectivity index (χ1v) is 16.4. The fourth-order valence-electron chi connectivity index (χ4n) is 5.45. The molecule has 0 amide bonds. The van der Waals surface area contributed by atoms with Crippen LogP contribution in [0.1, 0.15) is 27.3 Å². The van der Waals surface area contributed by atoms with Crippen molar-refractivity contribution in [2.75, 3.05) is 43.4 Å². The maximum atomic E-state index is 13.2. The lowest BCUT2D eigenvalue weighted by Crippen LogP contribution is -2.46. The van der Waals surface area contributed by atoms with Crippen molar-refractivity contribution in [2.45, 2.75) is 37.6 Å². The second kappa shape index (κ2) is 13.3. The first kappa shape index (κ1) is 31.3. The number of carboxylic acids is 1. The van der Waals surface area contributed by atoms with Gasteiger partial charge in [-0.1, -0.05) is 12.1 Å². The zero-order chi connectivity index (χ0) is 31.6. The normalized spacial score (nSPS) is 15.2. The van der Waals surface area contributed by atoms with Crippen molar-refractivity contribution in [3.8, 4) is 22.1 Å². The molecule has 0 bridgehead atoms. The first-order chi connectivity index (χ1) is 21.6. The fraction of sp³-hybridized carbons (Fsp3) is 0.333. The standard InChI is InChI=1S/C33H32F3N3O4S2/c1-21-16-26(7-9-29(21)44-20-31(40)41)43-19-30-27(37-32(45-30)22-2-4-24(5-3-22)33(34,35)36)18-38-11-13-39(14-12-38)25-6-8-28-23(17-25)10-15-42-28/h2-9,16-17H,10-15,18-20H2,1H3,(H,40,41). The Morgan fingerprint density at radius 2 is 1.84 bits per heavy atom. The average Bonchev–Trinajstić information content (AvgIpc) is 3.66. The Kier molecular flexibility index (Phi) is 9.25. The van der Waals surface area contributed by atoms with Crippen LogP contribution < -0.4 is 14.4 Å². The van der Waals surface area contributed by atoms with Crippen LogP contribution in [0.15, 0.2) is 65.6 Å². The summed E-state index contributed by atoms with van der Waals surface area (Å²) in [5.41, 5.74) is 4.16. The third-order valence-electron chi connectivity index (χ3n) is 7.89. The molecule has 0 aliphatic carbocycles. The van der Waals surface area contributed by atoms with Gasteiger partial charge in [0.05, 0.1) is 28.5 Å². The van der Waals surface area contributed by atoms with Crippen molar-refractivity contribution in [2.24, 2.45) is 0 Å². The summed E-state index contributed by atoms with van der Waals surface area (Å²) in [7, 11) is 0. The smallest absolute Gasteiger partial charge is 0.416 e. The van der Waals surface area contributed by atoms with Gasteiger partial charge in [0.2, 0.25) is 0 Å². The lowest BCUT2D eigenvalue weighted by Gasteiger charge is -2.36. The number of aromatic nitrogens is 1. The van der Waals surface area contributed by atoms with Crippen LogP contribution in [0.3, 0.4) is 0 Å². The van der Waals surface area contributed by atoms with E-state index in [2.05, 4.69) is 28.0 Å². The van der Waals surface area contributed by atoms with Gasteiger partial charge < -0.3 is 19.5 Å². The Bertz CT molecular complexity index is 1670. The number of anilines is 1. The Hall–Kier alpha value is -3.74. The van der Waals surface area contributed by atoms with E-state index in [0.717, 1.165) is 78.1 Å². The number of carbonyl (C=O) groups is 1. The van der Waals surface area contributed by atoms with E-state index < -0.39 is 17.7 Å². The zero-order valence-corrected chi connectivity index (χ0v) is 26.2. The van der Waals surface area contributed by atoms with Gasteiger partial charge in [-0.25, -0.2) is 4.98 Å². The molecular weight excluding hydrogens is 624 g/mol. The van der Waals surface area contributed by atoms with Gasteiger partial charge in [-0.3, -0.25) is 9.69 Å². The minimum Gasteiger partial charge on any atom is -0.493 e. The highest BCUT2D eigenvalue weighted by Crippen LogP contribution is 2.35. The summed E-state index contributed by atoms with van der Waals surface area (Å²) in [5.74, 6) is 0.730. The van der Waals surface area contributed by atoms with Crippen LogP contribution in [0.4, 0.5) is 18.9 Å². The molecule has 6 rings (SSSR count). The number of fused-ring (bicyclic) bond motifs is 1. The molecule has 0 atom stereocenters. The molecule has 2 aliphatic heterocycles. The quantitative estimate of drug-likeness (QED) is 0.181. The van der Waals surface area contributed by atoms with Gasteiger partial charge in [0, 0.05) is 55.3 Å². The SMILES string of the molecule is Cc1cc(OCc2sc(-c3ccc(C(F)(F)F)cc3)nc2CN2CCN(c3ccc4c(c3)CCO4)CC2)ccc1SCC(=O)O. The van der Waals surface area contributed by atoms with Crippen molar-refractivity contribution < 1.29 is 32.5 Å². The Labute approximate surface area is 267 Å². The molecule has 0 unspecified atom stereocenters. The van der Waals surface area contributed by atoms with Crippen molar-refractivity contribution in [1.82, 2.24) is 9.88 Å². The molecule has 0 radical (unpaired) electrons. The number of carboxylic acid groups (broad SMARTS) is 1. The molecule has 236 valence electrons. The van der Waals surface area contributed by atoms with E-state index in [-0.39, 0.29) is 12.4 Å². The summed E-state index contributed by atoms with van der Waals surface area (Å²) < 4.78 is 51.3. The van der Waals surface area contributed by atoms with Crippen LogP contribution in [0.2, 0.25) is 0 Å². The fourth-order valence-corrected chi connectivity index (χ4v) is 7.17. The monoisotopic (exact) mass is 655 g/mol. The molecule has 1 N–H and O–H groups in total. The minimum absolute atomic E-state index is 0.0193. The first-order valence-electron chi connectivity index (χ1n) is 14.6. The summed E-state index contributed by atoms with van der Waals surface area (Å²) in [6, 6.07) is 17.1. The number of hydrogen-bond acceptors (Lipinski definition) is 8. The number of thioether (sulfide) groups is 1. The lowest BCUT2D eigenvalue weighted by atomic mass is 10.1. The van der Waals surface area contributed by atoms with E-state index >= 15 is 0 Å². The summed E-state index contributed by atoms with van der Waals surface area (Å²) in [5, 5.41) is 9.64. The van der Waals surface area contributed by atoms with Crippen LogP contribution in [0.5, 0.6) is 11.5 Å². The largest absolute Gasteiger partial charge is 0.493 e. The van der Waals surface area contributed by atoms with Crippen LogP contribution in [0, 0.1) is 6.92 Å². The molecule has 1 fully saturated rings. The number of ether oxygens (including phenoxy) is 2. The molecule has 2 aliphatic rings. The van der Waals surface area contributed by atoms with Crippen LogP contribution in [-0.2, 0) is 30.5 Å². The van der Waals surface area contributed by atoms with Gasteiger partial charge in [-0.05, 0) is 66.6 Å². The highest BCUT2D eigenvalue weighted by atomic mass is 32.2. The molecule has 3 aromatic carbocycles. The van der Waals surface area contributed by atoms with E-state index in [1.165, 1.54) is 46.5 Å². The van der Waals surface area contributed by atoms with Gasteiger partial charge in [0.15, 0.2) is 0 Å². The molecule has 7 nitrogen and oxygen atoms in total. The third-order valence-corrected chi connectivity index (χ3v) is 10.2. The Morgan fingerprint density at radius 1 is 1.07 bits per heavy atom. The molecule has 0 spiro atoms. The highest BCUT2D eigenvalue weighted by Gasteiger charge is 2.30. The number of halogens is 3. The number of aliphatic carboxylic acids is 1. The van der Waals surface area contributed by atoms with Crippen LogP contribution >= 0.6 is 23.1 Å². The number of alkyl halides is 3. The van der Waals surface area contributed by atoms with Crippen LogP contribution in [-0.4, -0.2) is 59.5 Å². The number of nitrogens with zero attached hydrogens (tertiary/aromatic N) is 3. The predicted molar refractivity (Wildman–Crippen MR) is 170 cm³/mol. The zero-order valence-electron chi connectivity index (χ0n) is 24.6. The van der Waals surface area contributed by atoms with Crippen molar-refractivity contribution >= 4 is 34.8 Å². The maximum absolute atomic E-state index is 13.2. The van der Waals surface area contributed by atoms with E-state index in [9.17, 15) is 18.0 Å². The minimum atomic E-state index is -4.40. The van der Waals surface area contributed by atoms with Gasteiger partial charge in [-0.15, -0.1) is 23.1 Å². The molecule has 1 saturated heterocycles. The topological polar surface area (TPSA) is 75.1 Å². The summed E-state index contributed by atoms with van der Waals surface area (Å²) in [4.78, 5) is 22.4. The Balaban J connectivity index is 1.17. The number of benzene rings is 3. The van der Waals surface area contributed by atoms with Gasteiger partial charge in [-0.2, -0.15) is 13.2 Å². The maximum Gasteiger partial charge on any atom is 0.416 e. The average molecular weight is 656 g/mol. The Morgan fingerprint density at radius 3 is 2.56 bits per heavy atom. The molecular formula is C33H32F3N3O4S2. The van der Waals surface area contributed by atoms with Crippen molar-refractivity contribution in [3.63, 3.8) is 0 Å². The summed E-state index contributed by atoms with van der Waals surface area (Å²) >= 11 is 2.68. The molecule has 12 heteroatoms. The van der Waals surface area contributed by atoms with Crippen LogP contribution in [0.25, 0.3) is 10.6 Å². The van der Waals surface area contributed by atoms with E-state index in [1.54, 1.807) is 0 Å². The molecule has 45 heavy (non-hydrogen) atoms. The van der Waals surface area contributed by atoms with Gasteiger partial charge in [0.25, 0.3) is 0 Å². The summed E-state index contributed by atoms with van der Waals surface area (Å²) in [6.45, 7) is 6.92. The van der Waals surface area contributed by atoms with Crippen molar-refractivity contribution in [1.29, 1.82) is 0 Å². The molecule has 4 aromatic rings. The number of piperazine rings is 1. The highest BCUT2D eigenvalue weighted by molar-refractivity contribution is 8.00. The number of hydrogen-bond donors (Lipinski definition) is 1. The third kappa shape index (κ3) is 7.57. The van der Waals surface area contributed by atoms with Crippen molar-refractivity contribution in [3.05, 3.63) is 87.9 Å². The van der Waals surface area contributed by atoms with Gasteiger partial charge in [0.1, 0.15) is 23.1 Å². The van der Waals surface area contributed by atoms with E-state index in [4.69, 9.17) is 19.6 Å². The predicted octanol–water partition coefficient (Wildman–Crippen LogP) is 7.15. The number of aryl methyl sites for hydroxylation is 1. The van der Waals surface area contributed by atoms with E-state index in [1.807, 2.05) is 25.1 Å². The number of thiazole rings is 1. The van der Waals surface area contributed by atoms with E-state index in [0.29, 0.717) is 22.9 Å².